The van der Waals surface area contributed by atoms with Gasteiger partial charge in [-0.2, -0.15) is 0 Å². The average Bonchev–Trinajstić information content (AvgIpc) is 2.71. The number of nitrogens with zero attached hydrogens (tertiary/aromatic N) is 1. The van der Waals surface area contributed by atoms with Crippen molar-refractivity contribution in [1.82, 2.24) is 4.98 Å². The number of halogens is 1. The van der Waals surface area contributed by atoms with Gasteiger partial charge < -0.3 is 9.15 Å². The highest BCUT2D eigenvalue weighted by molar-refractivity contribution is 6.33. The fourth-order valence-electron chi connectivity index (χ4n) is 1.69. The topological polar surface area (TPSA) is 52.3 Å². The Morgan fingerprint density at radius 3 is 2.79 bits per heavy atom. The van der Waals surface area contributed by atoms with E-state index in [0.29, 0.717) is 28.8 Å². The molecule has 0 aliphatic rings. The normalized spacial score (nSPS) is 10.5. The first kappa shape index (κ1) is 13.6. The number of hydrogen-bond donors (Lipinski definition) is 0. The first-order valence-electron chi connectivity index (χ1n) is 5.94. The molecule has 0 aliphatic carbocycles. The van der Waals surface area contributed by atoms with Gasteiger partial charge in [0.1, 0.15) is 0 Å². The van der Waals surface area contributed by atoms with Crippen LogP contribution in [0.4, 0.5) is 0 Å². The van der Waals surface area contributed by atoms with Crippen molar-refractivity contribution in [2.45, 2.75) is 20.8 Å². The van der Waals surface area contributed by atoms with Crippen molar-refractivity contribution in [1.29, 1.82) is 0 Å². The van der Waals surface area contributed by atoms with E-state index in [2.05, 4.69) is 4.98 Å². The number of aromatic nitrogens is 1. The molecule has 1 heterocycles. The second-order valence-electron chi connectivity index (χ2n) is 4.14. The molecule has 0 N–H and O–H groups in total. The Kier molecular flexibility index (Phi) is 3.90. The number of oxazole rings is 1. The van der Waals surface area contributed by atoms with Gasteiger partial charge in [0.25, 0.3) is 0 Å². The quantitative estimate of drug-likeness (QED) is 0.802. The molecule has 19 heavy (non-hydrogen) atoms. The number of rotatable bonds is 3. The van der Waals surface area contributed by atoms with E-state index < -0.39 is 5.97 Å². The van der Waals surface area contributed by atoms with Gasteiger partial charge >= 0.3 is 5.97 Å². The van der Waals surface area contributed by atoms with Gasteiger partial charge in [-0.1, -0.05) is 17.7 Å². The van der Waals surface area contributed by atoms with Crippen LogP contribution in [-0.4, -0.2) is 17.6 Å². The summed E-state index contributed by atoms with van der Waals surface area (Å²) >= 11 is 6.15. The maximum Gasteiger partial charge on any atom is 0.376 e. The lowest BCUT2D eigenvalue weighted by molar-refractivity contribution is 0.0490. The van der Waals surface area contributed by atoms with E-state index in [9.17, 15) is 4.79 Å². The van der Waals surface area contributed by atoms with E-state index in [0.717, 1.165) is 5.56 Å². The minimum Gasteiger partial charge on any atom is -0.460 e. The molecular weight excluding hydrogens is 266 g/mol. The van der Waals surface area contributed by atoms with Crippen molar-refractivity contribution < 1.29 is 13.9 Å². The predicted octanol–water partition coefficient (Wildman–Crippen LogP) is 3.79. The number of esters is 1. The Hall–Kier alpha value is -1.81. The first-order valence-corrected chi connectivity index (χ1v) is 6.31. The zero-order valence-corrected chi connectivity index (χ0v) is 11.7. The number of aryl methyl sites for hydroxylation is 2. The Morgan fingerprint density at radius 2 is 2.16 bits per heavy atom. The van der Waals surface area contributed by atoms with Gasteiger partial charge in [-0.3, -0.25) is 0 Å². The second kappa shape index (κ2) is 5.45. The highest BCUT2D eigenvalue weighted by Crippen LogP contribution is 2.29. The van der Waals surface area contributed by atoms with E-state index in [-0.39, 0.29) is 5.76 Å². The van der Waals surface area contributed by atoms with Gasteiger partial charge in [0.05, 0.1) is 22.9 Å². The van der Waals surface area contributed by atoms with E-state index in [1.165, 1.54) is 0 Å². The smallest absolute Gasteiger partial charge is 0.376 e. The van der Waals surface area contributed by atoms with Gasteiger partial charge in [-0.05, 0) is 38.5 Å². The molecule has 4 nitrogen and oxygen atoms in total. The molecule has 0 saturated carbocycles. The summed E-state index contributed by atoms with van der Waals surface area (Å²) in [6, 6.07) is 5.54. The van der Waals surface area contributed by atoms with Gasteiger partial charge in [0.2, 0.25) is 11.7 Å². The molecule has 0 fully saturated rings. The third-order valence-corrected chi connectivity index (χ3v) is 2.93. The molecule has 2 aromatic rings. The second-order valence-corrected chi connectivity index (χ2v) is 4.54. The van der Waals surface area contributed by atoms with Crippen LogP contribution in [0.1, 0.15) is 28.7 Å². The van der Waals surface area contributed by atoms with Gasteiger partial charge in [-0.25, -0.2) is 9.78 Å². The van der Waals surface area contributed by atoms with Crippen LogP contribution >= 0.6 is 11.6 Å². The molecule has 0 aliphatic heterocycles. The van der Waals surface area contributed by atoms with E-state index in [1.54, 1.807) is 13.8 Å². The standard InChI is InChI=1S/C14H14ClNO3/c1-4-18-14(17)12-9(3)16-13(19-12)10-6-5-8(2)7-11(10)15/h5-7H,4H2,1-3H3. The van der Waals surface area contributed by atoms with E-state index in [1.807, 2.05) is 25.1 Å². The summed E-state index contributed by atoms with van der Waals surface area (Å²) < 4.78 is 10.4. The highest BCUT2D eigenvalue weighted by Gasteiger charge is 2.20. The summed E-state index contributed by atoms with van der Waals surface area (Å²) in [6.07, 6.45) is 0. The van der Waals surface area contributed by atoms with Gasteiger partial charge in [-0.15, -0.1) is 0 Å². The van der Waals surface area contributed by atoms with Crippen LogP contribution in [-0.2, 0) is 4.74 Å². The molecule has 0 unspecified atom stereocenters. The number of carbonyl (C=O) groups excluding carboxylic acids is 1. The van der Waals surface area contributed by atoms with Crippen molar-refractivity contribution in [3.63, 3.8) is 0 Å². The van der Waals surface area contributed by atoms with Gasteiger partial charge in [0, 0.05) is 0 Å². The highest BCUT2D eigenvalue weighted by atomic mass is 35.5. The molecule has 0 radical (unpaired) electrons. The molecule has 0 saturated heterocycles. The molecular formula is C14H14ClNO3. The van der Waals surface area contributed by atoms with Crippen molar-refractivity contribution in [3.8, 4) is 11.5 Å². The lowest BCUT2D eigenvalue weighted by atomic mass is 10.1. The summed E-state index contributed by atoms with van der Waals surface area (Å²) in [6.45, 7) is 5.67. The van der Waals surface area contributed by atoms with Crippen LogP contribution in [0.5, 0.6) is 0 Å². The number of benzene rings is 1. The lowest BCUT2D eigenvalue weighted by Crippen LogP contribution is -2.04. The van der Waals surface area contributed by atoms with Crippen LogP contribution < -0.4 is 0 Å². The summed E-state index contributed by atoms with van der Waals surface area (Å²) in [4.78, 5) is 15.9. The van der Waals surface area contributed by atoms with Gasteiger partial charge in [0.15, 0.2) is 0 Å². The maximum atomic E-state index is 11.7. The van der Waals surface area contributed by atoms with Crippen LogP contribution in [0.25, 0.3) is 11.5 Å². The monoisotopic (exact) mass is 279 g/mol. The lowest BCUT2D eigenvalue weighted by Gasteiger charge is -2.00. The largest absolute Gasteiger partial charge is 0.460 e. The van der Waals surface area contributed by atoms with Crippen LogP contribution in [0, 0.1) is 13.8 Å². The molecule has 0 atom stereocenters. The minimum absolute atomic E-state index is 0.119. The number of hydrogen-bond acceptors (Lipinski definition) is 4. The Bertz CT molecular complexity index is 619. The molecule has 1 aromatic carbocycles. The van der Waals surface area contributed by atoms with Crippen LogP contribution in [0.15, 0.2) is 22.6 Å². The maximum absolute atomic E-state index is 11.7. The average molecular weight is 280 g/mol. The molecule has 1 aromatic heterocycles. The molecule has 0 amide bonds. The molecule has 0 spiro atoms. The Morgan fingerprint density at radius 1 is 1.42 bits per heavy atom. The Balaban J connectivity index is 2.42. The SMILES string of the molecule is CCOC(=O)c1oc(-c2ccc(C)cc2Cl)nc1C. The molecule has 5 heteroatoms. The van der Waals surface area contributed by atoms with E-state index in [4.69, 9.17) is 20.8 Å². The van der Waals surface area contributed by atoms with Crippen LogP contribution in [0.2, 0.25) is 5.02 Å². The first-order chi connectivity index (χ1) is 9.02. The summed E-state index contributed by atoms with van der Waals surface area (Å²) in [7, 11) is 0. The van der Waals surface area contributed by atoms with Crippen molar-refractivity contribution in [2.24, 2.45) is 0 Å². The number of carbonyl (C=O) groups is 1. The molecule has 0 bridgehead atoms. The van der Waals surface area contributed by atoms with Crippen molar-refractivity contribution in [3.05, 3.63) is 40.2 Å². The predicted molar refractivity (Wildman–Crippen MR) is 72.4 cm³/mol. The fraction of sp³-hybridized carbons (Fsp3) is 0.286. The number of ether oxygens (including phenoxy) is 1. The van der Waals surface area contributed by atoms with E-state index >= 15 is 0 Å². The van der Waals surface area contributed by atoms with Crippen molar-refractivity contribution >= 4 is 17.6 Å². The summed E-state index contributed by atoms with van der Waals surface area (Å²) in [5.41, 5.74) is 2.19. The third kappa shape index (κ3) is 2.79. The zero-order valence-electron chi connectivity index (χ0n) is 11.0. The van der Waals surface area contributed by atoms with Crippen LogP contribution in [0.3, 0.4) is 0 Å². The fourth-order valence-corrected chi connectivity index (χ4v) is 2.01. The minimum atomic E-state index is -0.512. The zero-order chi connectivity index (χ0) is 14.0. The summed E-state index contributed by atoms with van der Waals surface area (Å²) in [5.74, 6) is -0.0685. The molecule has 100 valence electrons. The third-order valence-electron chi connectivity index (χ3n) is 2.61. The molecule has 2 rings (SSSR count). The summed E-state index contributed by atoms with van der Waals surface area (Å²) in [5, 5.41) is 0.539. The van der Waals surface area contributed by atoms with Crippen molar-refractivity contribution in [2.75, 3.05) is 6.61 Å². The Labute approximate surface area is 116 Å².